The Balaban J connectivity index is 1.51. The Hall–Kier alpha value is -3.67. The van der Waals surface area contributed by atoms with Crippen molar-refractivity contribution in [1.29, 1.82) is 0 Å². The molecule has 0 fully saturated rings. The van der Waals surface area contributed by atoms with Crippen LogP contribution in [-0.2, 0) is 16.1 Å². The van der Waals surface area contributed by atoms with E-state index in [1.165, 1.54) is 6.08 Å². The highest BCUT2D eigenvalue weighted by Gasteiger charge is 2.17. The average molecular weight is 417 g/mol. The number of carbonyl (C=O) groups excluding carboxylic acids is 2. The Bertz CT molecular complexity index is 1060. The first-order valence-electron chi connectivity index (χ1n) is 10.3. The fourth-order valence-corrected chi connectivity index (χ4v) is 3.33. The lowest BCUT2D eigenvalue weighted by molar-refractivity contribution is -0.130. The summed E-state index contributed by atoms with van der Waals surface area (Å²) in [4.78, 5) is 26.2. The van der Waals surface area contributed by atoms with Crippen molar-refractivity contribution in [3.8, 4) is 5.69 Å². The predicted molar refractivity (Wildman–Crippen MR) is 123 cm³/mol. The molecule has 0 radical (unpaired) electrons. The van der Waals surface area contributed by atoms with Gasteiger partial charge in [-0.05, 0) is 37.6 Å². The zero-order chi connectivity index (χ0) is 22.2. The van der Waals surface area contributed by atoms with Crippen LogP contribution >= 0.6 is 0 Å². The number of aromatic nitrogens is 2. The molecule has 6 nitrogen and oxygen atoms in total. The number of benzene rings is 2. The van der Waals surface area contributed by atoms with E-state index < -0.39 is 0 Å². The molecule has 2 amide bonds. The van der Waals surface area contributed by atoms with Crippen LogP contribution in [-0.4, -0.2) is 40.1 Å². The molecule has 0 bridgehead atoms. The fraction of sp³-hybridized carbons (Fsp3) is 0.240. The molecule has 0 spiro atoms. The van der Waals surface area contributed by atoms with E-state index in [0.29, 0.717) is 13.1 Å². The van der Waals surface area contributed by atoms with Crippen LogP contribution in [0.3, 0.4) is 0 Å². The number of aryl methyl sites for hydroxylation is 1. The van der Waals surface area contributed by atoms with Crippen molar-refractivity contribution in [1.82, 2.24) is 20.0 Å². The standard InChI is InChI=1S/C25H28N4O2/c1-19-23(20(2)29(27-19)22-12-8-5-9-13-22)18-28(3)25(31)16-17-26-24(30)15-14-21-10-6-4-7-11-21/h4-15H,16-18H2,1-3H3,(H,26,30)/b15-14+. The third-order valence-corrected chi connectivity index (χ3v) is 5.13. The second-order valence-corrected chi connectivity index (χ2v) is 7.43. The lowest BCUT2D eigenvalue weighted by Crippen LogP contribution is -2.31. The van der Waals surface area contributed by atoms with Gasteiger partial charge in [-0.15, -0.1) is 0 Å². The van der Waals surface area contributed by atoms with Crippen molar-refractivity contribution in [2.45, 2.75) is 26.8 Å². The number of para-hydroxylation sites is 1. The normalized spacial score (nSPS) is 10.9. The van der Waals surface area contributed by atoms with Crippen molar-refractivity contribution >= 4 is 17.9 Å². The molecule has 1 aromatic heterocycles. The first kappa shape index (κ1) is 22.0. The molecule has 0 unspecified atom stereocenters. The Labute approximate surface area is 183 Å². The van der Waals surface area contributed by atoms with Crippen LogP contribution in [0.25, 0.3) is 11.8 Å². The van der Waals surface area contributed by atoms with Crippen molar-refractivity contribution < 1.29 is 9.59 Å². The minimum atomic E-state index is -0.213. The average Bonchev–Trinajstić information content (AvgIpc) is 3.07. The summed E-state index contributed by atoms with van der Waals surface area (Å²) in [6.45, 7) is 4.74. The van der Waals surface area contributed by atoms with E-state index in [1.807, 2.05) is 79.2 Å². The molecular formula is C25H28N4O2. The van der Waals surface area contributed by atoms with Crippen LogP contribution in [0.5, 0.6) is 0 Å². The number of carbonyl (C=O) groups is 2. The van der Waals surface area contributed by atoms with E-state index in [1.54, 1.807) is 18.0 Å². The van der Waals surface area contributed by atoms with Gasteiger partial charge in [0.25, 0.3) is 0 Å². The predicted octanol–water partition coefficient (Wildman–Crippen LogP) is 3.67. The van der Waals surface area contributed by atoms with E-state index in [2.05, 4.69) is 10.4 Å². The molecule has 0 atom stereocenters. The number of nitrogens with zero attached hydrogens (tertiary/aromatic N) is 3. The summed E-state index contributed by atoms with van der Waals surface area (Å²) in [6, 6.07) is 19.5. The van der Waals surface area contributed by atoms with Crippen LogP contribution in [0.2, 0.25) is 0 Å². The van der Waals surface area contributed by atoms with Gasteiger partial charge in [-0.25, -0.2) is 4.68 Å². The highest BCUT2D eigenvalue weighted by atomic mass is 16.2. The second kappa shape index (κ2) is 10.4. The van der Waals surface area contributed by atoms with Crippen LogP contribution in [0, 0.1) is 13.8 Å². The van der Waals surface area contributed by atoms with Gasteiger partial charge in [-0.2, -0.15) is 5.10 Å². The molecule has 31 heavy (non-hydrogen) atoms. The van der Waals surface area contributed by atoms with Crippen LogP contribution in [0.1, 0.15) is 28.9 Å². The van der Waals surface area contributed by atoms with Crippen molar-refractivity contribution in [2.75, 3.05) is 13.6 Å². The molecule has 3 rings (SSSR count). The van der Waals surface area contributed by atoms with Gasteiger partial charge in [-0.3, -0.25) is 9.59 Å². The lowest BCUT2D eigenvalue weighted by Gasteiger charge is -2.17. The molecule has 0 saturated heterocycles. The van der Waals surface area contributed by atoms with E-state index in [0.717, 1.165) is 28.2 Å². The van der Waals surface area contributed by atoms with E-state index >= 15 is 0 Å². The van der Waals surface area contributed by atoms with E-state index in [4.69, 9.17) is 0 Å². The molecule has 1 N–H and O–H groups in total. The smallest absolute Gasteiger partial charge is 0.244 e. The number of amides is 2. The molecule has 0 aliphatic carbocycles. The first-order valence-corrected chi connectivity index (χ1v) is 10.3. The SMILES string of the molecule is Cc1nn(-c2ccccc2)c(C)c1CN(C)C(=O)CCNC(=O)/C=C/c1ccccc1. The monoisotopic (exact) mass is 416 g/mol. The number of hydrogen-bond acceptors (Lipinski definition) is 3. The van der Waals surface area contributed by atoms with Crippen molar-refractivity contribution in [2.24, 2.45) is 0 Å². The zero-order valence-electron chi connectivity index (χ0n) is 18.2. The number of nitrogens with one attached hydrogen (secondary N) is 1. The minimum Gasteiger partial charge on any atom is -0.352 e. The molecule has 1 heterocycles. The van der Waals surface area contributed by atoms with Crippen molar-refractivity contribution in [3.05, 3.63) is 89.3 Å². The maximum absolute atomic E-state index is 12.5. The van der Waals surface area contributed by atoms with Crippen LogP contribution in [0.4, 0.5) is 0 Å². The topological polar surface area (TPSA) is 67.2 Å². The Morgan fingerprint density at radius 2 is 1.68 bits per heavy atom. The highest BCUT2D eigenvalue weighted by Crippen LogP contribution is 2.19. The number of rotatable bonds is 8. The molecule has 0 aliphatic heterocycles. The molecule has 0 aliphatic rings. The minimum absolute atomic E-state index is 0.0291. The molecule has 6 heteroatoms. The van der Waals surface area contributed by atoms with E-state index in [9.17, 15) is 9.59 Å². The third kappa shape index (κ3) is 5.92. The van der Waals surface area contributed by atoms with Gasteiger partial charge >= 0.3 is 0 Å². The zero-order valence-corrected chi connectivity index (χ0v) is 18.2. The molecule has 160 valence electrons. The van der Waals surface area contributed by atoms with Crippen LogP contribution < -0.4 is 5.32 Å². The third-order valence-electron chi connectivity index (χ3n) is 5.13. The largest absolute Gasteiger partial charge is 0.352 e. The Morgan fingerprint density at radius 3 is 2.35 bits per heavy atom. The highest BCUT2D eigenvalue weighted by molar-refractivity contribution is 5.92. The summed E-state index contributed by atoms with van der Waals surface area (Å²) in [5.41, 5.74) is 4.91. The van der Waals surface area contributed by atoms with E-state index in [-0.39, 0.29) is 18.2 Å². The summed E-state index contributed by atoms with van der Waals surface area (Å²) in [6.07, 6.45) is 3.47. The van der Waals surface area contributed by atoms with Gasteiger partial charge in [0.05, 0.1) is 11.4 Å². The summed E-state index contributed by atoms with van der Waals surface area (Å²) in [7, 11) is 1.78. The van der Waals surface area contributed by atoms with Gasteiger partial charge in [0.1, 0.15) is 0 Å². The van der Waals surface area contributed by atoms with Gasteiger partial charge < -0.3 is 10.2 Å². The summed E-state index contributed by atoms with van der Waals surface area (Å²) >= 11 is 0. The Kier molecular flexibility index (Phi) is 7.38. The second-order valence-electron chi connectivity index (χ2n) is 7.43. The van der Waals surface area contributed by atoms with Gasteiger partial charge in [0.2, 0.25) is 11.8 Å². The molecule has 3 aromatic rings. The quantitative estimate of drug-likeness (QED) is 0.570. The van der Waals surface area contributed by atoms with Gasteiger partial charge in [-0.1, -0.05) is 48.5 Å². The molecule has 0 saturated carbocycles. The molecular weight excluding hydrogens is 388 g/mol. The maximum atomic E-state index is 12.5. The van der Waals surface area contributed by atoms with Gasteiger partial charge in [0, 0.05) is 43.9 Å². The van der Waals surface area contributed by atoms with Crippen LogP contribution in [0.15, 0.2) is 66.7 Å². The fourth-order valence-electron chi connectivity index (χ4n) is 3.33. The summed E-state index contributed by atoms with van der Waals surface area (Å²) in [5.74, 6) is -0.242. The lowest BCUT2D eigenvalue weighted by atomic mass is 10.2. The summed E-state index contributed by atoms with van der Waals surface area (Å²) < 4.78 is 1.91. The maximum Gasteiger partial charge on any atom is 0.244 e. The van der Waals surface area contributed by atoms with Crippen molar-refractivity contribution in [3.63, 3.8) is 0 Å². The summed E-state index contributed by atoms with van der Waals surface area (Å²) in [5, 5.41) is 7.40. The van der Waals surface area contributed by atoms with Gasteiger partial charge in [0.15, 0.2) is 0 Å². The Morgan fingerprint density at radius 1 is 1.03 bits per heavy atom. The molecule has 2 aromatic carbocycles. The first-order chi connectivity index (χ1) is 15.0. The number of hydrogen-bond donors (Lipinski definition) is 1.